The molecule has 4 aliphatic rings. The van der Waals surface area contributed by atoms with Crippen molar-refractivity contribution in [2.45, 2.75) is 206 Å². The van der Waals surface area contributed by atoms with Gasteiger partial charge in [-0.2, -0.15) is 79.0 Å². The Kier molecular flexibility index (Phi) is 45.8. The maximum atomic E-state index is 10.6. The van der Waals surface area contributed by atoms with Gasteiger partial charge in [-0.1, -0.05) is 212 Å². The van der Waals surface area contributed by atoms with E-state index in [1.165, 1.54) is 0 Å². The molecule has 0 bridgehead atoms. The van der Waals surface area contributed by atoms with Crippen molar-refractivity contribution in [1.29, 1.82) is 0 Å². The van der Waals surface area contributed by atoms with Crippen LogP contribution in [0.5, 0.6) is 0 Å². The van der Waals surface area contributed by atoms with E-state index in [9.17, 15) is 79.0 Å². The lowest BCUT2D eigenvalue weighted by Gasteiger charge is -2.49. The van der Waals surface area contributed by atoms with E-state index < -0.39 is 189 Å². The molecule has 1 saturated carbocycles. The van der Waals surface area contributed by atoms with Crippen molar-refractivity contribution < 1.29 is 200 Å². The molecule has 736 valence electrons. The van der Waals surface area contributed by atoms with Gasteiger partial charge in [0.1, 0.15) is 73.2 Å². The average Bonchev–Trinajstić information content (AvgIpc) is 1.74. The maximum absolute atomic E-state index is 10.6. The fraction of sp³-hybridized carbons (Fsp3) is 0.429. The van der Waals surface area contributed by atoms with Crippen LogP contribution in [0.1, 0.15) is 45.4 Å². The number of hydrogen-bond donors (Lipinski definition) is 12. The fourth-order valence-corrected chi connectivity index (χ4v) is 12.3. The molecule has 0 aromatic heterocycles. The normalized spacial score (nSPS) is 24.7. The Morgan fingerprint density at radius 2 is 0.474 bits per heavy atom. The molecule has 3 aliphatic heterocycles. The van der Waals surface area contributed by atoms with Crippen LogP contribution in [-0.4, -0.2) is 239 Å². The molecule has 4 fully saturated rings. The summed E-state index contributed by atoms with van der Waals surface area (Å²) in [6.45, 7) is 1.65. The summed E-state index contributed by atoms with van der Waals surface area (Å²) in [7, 11) is 0. The molecule has 18 N–H and O–H groups in total. The predicted molar refractivity (Wildman–Crippen MR) is 424 cm³/mol. The number of benzene rings is 7. The number of carboxylic acid groups (broad SMARTS) is 6. The van der Waals surface area contributed by atoms with Crippen molar-refractivity contribution >= 4 is 35.8 Å². The lowest BCUT2D eigenvalue weighted by molar-refractivity contribution is -0.318. The van der Waals surface area contributed by atoms with Gasteiger partial charge in [0.05, 0.1) is 64.9 Å². The molecule has 3 saturated heterocycles. The summed E-state index contributed by atoms with van der Waals surface area (Å²) in [5.41, 5.74) is 49.0. The number of hydrogen-bond acceptors (Lipinski definition) is 25. The highest BCUT2D eigenvalue weighted by molar-refractivity contribution is 5.75. The van der Waals surface area contributed by atoms with Gasteiger partial charge in [0.2, 0.25) is 0 Å². The third-order valence-electron chi connectivity index (χ3n) is 18.6. The summed E-state index contributed by atoms with van der Waals surface area (Å²) in [5.74, 6) is -16.5. The lowest BCUT2D eigenvalue weighted by Crippen LogP contribution is -2.69. The van der Waals surface area contributed by atoms with Gasteiger partial charge >= 0.3 is 72.9 Å². The second-order valence-corrected chi connectivity index (χ2v) is 28.5. The van der Waals surface area contributed by atoms with Crippen LogP contribution in [0.2, 0.25) is 0 Å². The highest BCUT2D eigenvalue weighted by Gasteiger charge is 2.57. The topological polar surface area (TPSA) is 500 Å². The Bertz CT molecular complexity index is 4360. The molecule has 0 amide bonds. The molecule has 0 radical (unpaired) electrons. The van der Waals surface area contributed by atoms with Crippen LogP contribution in [0.4, 0.5) is 79.0 Å². The largest absolute Gasteiger partial charge is 0.490 e. The van der Waals surface area contributed by atoms with Crippen LogP contribution in [0.15, 0.2) is 212 Å². The third-order valence-corrected chi connectivity index (χ3v) is 18.6. The molecule has 11 rings (SSSR count). The molecule has 7 aromatic carbocycles. The molecule has 0 unspecified atom stereocenters. The summed E-state index contributed by atoms with van der Waals surface area (Å²) in [6.07, 6.45) is -44.0. The Morgan fingerprint density at radius 3 is 0.722 bits per heavy atom. The van der Waals surface area contributed by atoms with Crippen molar-refractivity contribution in [1.82, 2.24) is 0 Å². The van der Waals surface area contributed by atoms with Crippen molar-refractivity contribution in [3.8, 4) is 0 Å². The van der Waals surface area contributed by atoms with E-state index in [4.69, 9.17) is 155 Å². The maximum Gasteiger partial charge on any atom is 0.490 e. The minimum atomic E-state index is -5.08. The molecule has 0 spiro atoms. The van der Waals surface area contributed by atoms with Gasteiger partial charge in [0, 0.05) is 25.2 Å². The molecule has 3 heterocycles. The van der Waals surface area contributed by atoms with Gasteiger partial charge < -0.3 is 127 Å². The van der Waals surface area contributed by atoms with Crippen LogP contribution >= 0.6 is 0 Å². The number of carbonyl (C=O) groups is 6. The molecule has 1 aliphatic carbocycles. The zero-order valence-corrected chi connectivity index (χ0v) is 69.2. The monoisotopic (exact) mass is 1930 g/mol. The van der Waals surface area contributed by atoms with Crippen LogP contribution in [-0.2, 0) is 137 Å². The number of halogens is 18. The van der Waals surface area contributed by atoms with E-state index in [2.05, 4.69) is 0 Å². The van der Waals surface area contributed by atoms with E-state index in [0.717, 1.165) is 38.9 Å². The first-order chi connectivity index (χ1) is 62.3. The third kappa shape index (κ3) is 39.4. The van der Waals surface area contributed by atoms with Gasteiger partial charge in [0.25, 0.3) is 0 Å². The van der Waals surface area contributed by atoms with E-state index in [1.807, 2.05) is 212 Å². The second-order valence-electron chi connectivity index (χ2n) is 28.5. The van der Waals surface area contributed by atoms with E-state index >= 15 is 0 Å². The number of nitrogens with two attached hydrogens (primary N) is 6. The summed E-state index contributed by atoms with van der Waals surface area (Å²) in [6, 6.07) is 65.6. The first kappa shape index (κ1) is 113. The fourth-order valence-electron chi connectivity index (χ4n) is 12.3. The lowest BCUT2D eigenvalue weighted by atomic mass is 9.84. The smallest absolute Gasteiger partial charge is 0.475 e. The summed E-state index contributed by atoms with van der Waals surface area (Å²) in [4.78, 5) is 53.4. The second kappa shape index (κ2) is 54.0. The van der Waals surface area contributed by atoms with Gasteiger partial charge in [-0.15, -0.1) is 0 Å². The highest BCUT2D eigenvalue weighted by Crippen LogP contribution is 2.40. The average molecular weight is 1930 g/mol. The van der Waals surface area contributed by atoms with Crippen molar-refractivity contribution in [3.05, 3.63) is 251 Å². The molecule has 19 atom stereocenters. The quantitative estimate of drug-likeness (QED) is 0.0186. The zero-order chi connectivity index (χ0) is 99.2. The van der Waals surface area contributed by atoms with Crippen LogP contribution < -0.4 is 34.4 Å². The van der Waals surface area contributed by atoms with Gasteiger partial charge in [-0.3, -0.25) is 0 Å². The van der Waals surface area contributed by atoms with E-state index in [1.54, 1.807) is 0 Å². The van der Waals surface area contributed by atoms with Gasteiger partial charge in [0.15, 0.2) is 18.9 Å². The molecule has 31 nitrogen and oxygen atoms in total. The number of ether oxygens (including phenoxy) is 13. The summed E-state index contributed by atoms with van der Waals surface area (Å²) in [5, 5.41) is 42.8. The zero-order valence-electron chi connectivity index (χ0n) is 69.2. The summed E-state index contributed by atoms with van der Waals surface area (Å²) < 4.78 is 281. The number of carboxylic acids is 6. The minimum Gasteiger partial charge on any atom is -0.475 e. The number of rotatable bonds is 30. The van der Waals surface area contributed by atoms with Crippen LogP contribution in [0, 0.1) is 0 Å². The molecule has 7 aromatic rings. The Morgan fingerprint density at radius 1 is 0.271 bits per heavy atom. The summed E-state index contributed by atoms with van der Waals surface area (Å²) >= 11 is 0. The van der Waals surface area contributed by atoms with Crippen molar-refractivity contribution in [3.63, 3.8) is 0 Å². The highest BCUT2D eigenvalue weighted by atomic mass is 19.4. The first-order valence-electron chi connectivity index (χ1n) is 39.1. The SMILES string of the molecule is NC[C@@H]1O[C@H](O[C@H]2[C@@H](OCc3ccccc3)[C@H](O[C@@H]3[C@@H](OCc4ccccc4)[C@H](N)C[C@H](N)[C@H]3O[C@H]3O[C@H](CN)[C@@H](OCc4ccccc4)[C@H](OCc4ccccc4)[C@H]3N)O[C@@H]2COCc2ccccc2)[C@H](N)[C@@H](OCc2ccccc2)[C@@H]1OCc1ccccc1.O=C(O)C(F)(F)F.O=C(O)C(F)(F)F.O=C(O)C(F)(F)F.O=C(O)C(F)(F)F.O=C(O)C(F)(F)F.O=C(O)C(F)(F)F. The number of aliphatic carboxylic acids is 6. The molecule has 49 heteroatoms. The van der Waals surface area contributed by atoms with Crippen LogP contribution in [0.25, 0.3) is 0 Å². The van der Waals surface area contributed by atoms with Gasteiger partial charge in [-0.25, -0.2) is 28.8 Å². The standard InChI is InChI=1S/C72H88N6O13.6C2HF3O2/c73-37-56-63(81-41-49-26-12-3-13-27-49)66(83-43-51-30-16-5-17-31-51)59(77)70(86-56)89-62-55(76)36-54(75)61(80-40-48-24-10-2-11-25-48)68(62)91-72-69(85-45-53-34-20-7-21-35-53)65(58(88-72)46-79-39-47-22-8-1-9-23-47)90-71-60(78)67(84-44-52-32-18-6-19-33-52)64(57(38-74)87-71)82-42-50-28-14-4-15-29-50;6*3-2(4,5)1(6)7/h1-35,54-72H,36-46,73-78H2;6*(H,6,7)/t54-,55+,56-,57+,58-,59-,60-,61+,62-,63-,64-,65-,66-,67-,68-,69-,70-,71-,72+;;;;;;/m1....../s1. The first-order valence-corrected chi connectivity index (χ1v) is 39.1. The molecular weight excluding hydrogens is 1830 g/mol. The van der Waals surface area contributed by atoms with E-state index in [0.29, 0.717) is 0 Å². The van der Waals surface area contributed by atoms with E-state index in [-0.39, 0.29) is 72.4 Å². The van der Waals surface area contributed by atoms with Gasteiger partial charge in [-0.05, 0) is 45.4 Å². The Labute approximate surface area is 744 Å². The minimum absolute atomic E-state index is 0.0182. The van der Waals surface area contributed by atoms with Crippen molar-refractivity contribution in [2.75, 3.05) is 19.7 Å². The molecular formula is C84H94F18N6O25. The van der Waals surface area contributed by atoms with Crippen LogP contribution in [0.3, 0.4) is 0 Å². The number of alkyl halides is 18. The Balaban J connectivity index is 0.000000614. The molecule has 133 heavy (non-hydrogen) atoms. The predicted octanol–water partition coefficient (Wildman–Crippen LogP) is 10.5. The Hall–Kier alpha value is -10.7. The van der Waals surface area contributed by atoms with Crippen molar-refractivity contribution in [2.24, 2.45) is 34.4 Å².